The van der Waals surface area contributed by atoms with E-state index >= 15 is 0 Å². The van der Waals surface area contributed by atoms with Crippen molar-refractivity contribution >= 4 is 11.6 Å². The maximum Gasteiger partial charge on any atom is 0.226 e. The highest BCUT2D eigenvalue weighted by molar-refractivity contribution is 5.95. The highest BCUT2D eigenvalue weighted by Crippen LogP contribution is 2.43. The molecule has 2 atom stereocenters. The molecule has 0 aromatic heterocycles. The summed E-state index contributed by atoms with van der Waals surface area (Å²) in [5.41, 5.74) is 3.96. The second kappa shape index (κ2) is 6.85. The predicted molar refractivity (Wildman–Crippen MR) is 97.5 cm³/mol. The van der Waals surface area contributed by atoms with Crippen molar-refractivity contribution in [1.29, 1.82) is 0 Å². The zero-order chi connectivity index (χ0) is 16.5. The van der Waals surface area contributed by atoms with E-state index in [0.29, 0.717) is 18.4 Å². The van der Waals surface area contributed by atoms with E-state index < -0.39 is 0 Å². The topological polar surface area (TPSA) is 44.4 Å². The Labute approximate surface area is 145 Å². The van der Waals surface area contributed by atoms with E-state index in [0.717, 1.165) is 24.6 Å². The number of carbonyl (C=O) groups is 1. The van der Waals surface area contributed by atoms with E-state index in [1.54, 1.807) is 0 Å². The lowest BCUT2D eigenvalue weighted by atomic mass is 9.98. The Morgan fingerprint density at radius 2 is 2.17 bits per heavy atom. The number of benzene rings is 1. The smallest absolute Gasteiger partial charge is 0.226 e. The number of piperidine rings is 1. The first kappa shape index (κ1) is 16.1. The van der Waals surface area contributed by atoms with Crippen molar-refractivity contribution in [3.05, 3.63) is 29.3 Å². The SMILES string of the molecule is CCC(=O)N1CCc2cc(C3CC3NCC3CCNCC3)ccc21. The van der Waals surface area contributed by atoms with Crippen molar-refractivity contribution in [2.75, 3.05) is 31.1 Å². The number of nitrogens with one attached hydrogen (secondary N) is 2. The predicted octanol–water partition coefficient (Wildman–Crippen LogP) is 2.43. The molecule has 1 aromatic carbocycles. The standard InChI is InChI=1S/C20H29N3O/c1-2-20(24)23-10-7-16-11-15(3-4-19(16)23)17-12-18(17)22-13-14-5-8-21-9-6-14/h3-4,11,14,17-18,21-22H,2,5-10,12-13H2,1H3. The lowest BCUT2D eigenvalue weighted by Gasteiger charge is -2.23. The molecular formula is C20H29N3O. The second-order valence-corrected chi connectivity index (χ2v) is 7.59. The molecule has 1 saturated heterocycles. The number of hydrogen-bond donors (Lipinski definition) is 2. The molecule has 4 nitrogen and oxygen atoms in total. The summed E-state index contributed by atoms with van der Waals surface area (Å²) < 4.78 is 0. The summed E-state index contributed by atoms with van der Waals surface area (Å²) in [5.74, 6) is 1.77. The van der Waals surface area contributed by atoms with Crippen LogP contribution in [0, 0.1) is 5.92 Å². The number of rotatable bonds is 5. The third-order valence-electron chi connectivity index (χ3n) is 5.95. The molecule has 0 radical (unpaired) electrons. The van der Waals surface area contributed by atoms with E-state index in [2.05, 4.69) is 28.8 Å². The fourth-order valence-electron chi connectivity index (χ4n) is 4.30. The Morgan fingerprint density at radius 3 is 2.96 bits per heavy atom. The number of hydrogen-bond acceptors (Lipinski definition) is 3. The first-order valence-corrected chi connectivity index (χ1v) is 9.63. The zero-order valence-corrected chi connectivity index (χ0v) is 14.7. The summed E-state index contributed by atoms with van der Waals surface area (Å²) in [6.07, 6.45) is 5.48. The number of fused-ring (bicyclic) bond motifs is 1. The van der Waals surface area contributed by atoms with Gasteiger partial charge in [-0.1, -0.05) is 19.1 Å². The highest BCUT2D eigenvalue weighted by atomic mass is 16.2. The molecule has 24 heavy (non-hydrogen) atoms. The van der Waals surface area contributed by atoms with Gasteiger partial charge < -0.3 is 15.5 Å². The van der Waals surface area contributed by atoms with Crippen LogP contribution in [0.1, 0.15) is 49.7 Å². The molecule has 4 rings (SSSR count). The van der Waals surface area contributed by atoms with Crippen LogP contribution in [0.5, 0.6) is 0 Å². The minimum absolute atomic E-state index is 0.245. The number of nitrogens with zero attached hydrogens (tertiary/aromatic N) is 1. The maximum absolute atomic E-state index is 12.0. The molecule has 1 saturated carbocycles. The quantitative estimate of drug-likeness (QED) is 0.873. The van der Waals surface area contributed by atoms with Crippen molar-refractivity contribution in [3.63, 3.8) is 0 Å². The molecule has 2 N–H and O–H groups in total. The molecule has 2 heterocycles. The number of amides is 1. The summed E-state index contributed by atoms with van der Waals surface area (Å²) in [5, 5.41) is 7.22. The molecule has 1 amide bonds. The van der Waals surface area contributed by atoms with E-state index in [4.69, 9.17) is 0 Å². The first-order valence-electron chi connectivity index (χ1n) is 9.63. The molecule has 2 fully saturated rings. The minimum atomic E-state index is 0.245. The van der Waals surface area contributed by atoms with Gasteiger partial charge in [0.25, 0.3) is 0 Å². The van der Waals surface area contributed by atoms with Gasteiger partial charge in [0.05, 0.1) is 0 Å². The van der Waals surface area contributed by atoms with Crippen LogP contribution >= 0.6 is 0 Å². The Hall–Kier alpha value is -1.39. The van der Waals surface area contributed by atoms with Gasteiger partial charge in [-0.05, 0) is 68.4 Å². The Morgan fingerprint density at radius 1 is 1.33 bits per heavy atom. The maximum atomic E-state index is 12.0. The van der Waals surface area contributed by atoms with Crippen LogP contribution in [-0.2, 0) is 11.2 Å². The van der Waals surface area contributed by atoms with Gasteiger partial charge in [-0.15, -0.1) is 0 Å². The molecule has 2 aliphatic heterocycles. The molecule has 2 unspecified atom stereocenters. The number of anilines is 1. The van der Waals surface area contributed by atoms with Gasteiger partial charge in [0.15, 0.2) is 0 Å². The third-order valence-corrected chi connectivity index (χ3v) is 5.95. The van der Waals surface area contributed by atoms with Crippen LogP contribution < -0.4 is 15.5 Å². The van der Waals surface area contributed by atoms with Crippen molar-refractivity contribution in [1.82, 2.24) is 10.6 Å². The largest absolute Gasteiger partial charge is 0.317 e. The highest BCUT2D eigenvalue weighted by Gasteiger charge is 2.39. The summed E-state index contributed by atoms with van der Waals surface area (Å²) in [6.45, 7) is 6.33. The van der Waals surface area contributed by atoms with Crippen LogP contribution in [0.25, 0.3) is 0 Å². The molecule has 1 aromatic rings. The van der Waals surface area contributed by atoms with E-state index in [1.165, 1.54) is 50.0 Å². The van der Waals surface area contributed by atoms with Gasteiger partial charge in [-0.25, -0.2) is 0 Å². The molecule has 1 aliphatic carbocycles. The van der Waals surface area contributed by atoms with Crippen LogP contribution in [0.2, 0.25) is 0 Å². The van der Waals surface area contributed by atoms with Gasteiger partial charge in [0, 0.05) is 30.6 Å². The second-order valence-electron chi connectivity index (χ2n) is 7.59. The van der Waals surface area contributed by atoms with Crippen LogP contribution in [0.15, 0.2) is 18.2 Å². The molecular weight excluding hydrogens is 298 g/mol. The van der Waals surface area contributed by atoms with Gasteiger partial charge in [-0.3, -0.25) is 4.79 Å². The summed E-state index contributed by atoms with van der Waals surface area (Å²) >= 11 is 0. The lowest BCUT2D eigenvalue weighted by molar-refractivity contribution is -0.118. The zero-order valence-electron chi connectivity index (χ0n) is 14.7. The summed E-state index contributed by atoms with van der Waals surface area (Å²) in [7, 11) is 0. The van der Waals surface area contributed by atoms with Crippen LogP contribution in [-0.4, -0.2) is 38.1 Å². The normalized spacial score (nSPS) is 26.5. The van der Waals surface area contributed by atoms with Gasteiger partial charge in [-0.2, -0.15) is 0 Å². The van der Waals surface area contributed by atoms with Crippen molar-refractivity contribution in [2.45, 2.75) is 51.0 Å². The van der Waals surface area contributed by atoms with Gasteiger partial charge >= 0.3 is 0 Å². The average molecular weight is 327 g/mol. The van der Waals surface area contributed by atoms with Gasteiger partial charge in [0.1, 0.15) is 0 Å². The fourth-order valence-corrected chi connectivity index (χ4v) is 4.30. The number of carbonyl (C=O) groups excluding carboxylic acids is 1. The van der Waals surface area contributed by atoms with E-state index in [9.17, 15) is 4.79 Å². The van der Waals surface area contributed by atoms with Crippen molar-refractivity contribution in [2.24, 2.45) is 5.92 Å². The van der Waals surface area contributed by atoms with Gasteiger partial charge in [0.2, 0.25) is 5.91 Å². The Balaban J connectivity index is 1.34. The monoisotopic (exact) mass is 327 g/mol. The van der Waals surface area contributed by atoms with Crippen molar-refractivity contribution in [3.8, 4) is 0 Å². The summed E-state index contributed by atoms with van der Waals surface area (Å²) in [4.78, 5) is 14.0. The van der Waals surface area contributed by atoms with Crippen LogP contribution in [0.3, 0.4) is 0 Å². The van der Waals surface area contributed by atoms with Crippen LogP contribution in [0.4, 0.5) is 5.69 Å². The molecule has 4 heteroatoms. The lowest BCUT2D eigenvalue weighted by Crippen LogP contribution is -2.34. The summed E-state index contributed by atoms with van der Waals surface area (Å²) in [6, 6.07) is 7.44. The average Bonchev–Trinajstić information content (AvgIpc) is 3.29. The third kappa shape index (κ3) is 3.22. The Kier molecular flexibility index (Phi) is 4.59. The fraction of sp³-hybridized carbons (Fsp3) is 0.650. The van der Waals surface area contributed by atoms with E-state index in [1.807, 2.05) is 11.8 Å². The molecule has 3 aliphatic rings. The first-order chi connectivity index (χ1) is 11.8. The molecule has 0 bridgehead atoms. The van der Waals surface area contributed by atoms with E-state index in [-0.39, 0.29) is 5.91 Å². The van der Waals surface area contributed by atoms with Crippen molar-refractivity contribution < 1.29 is 4.79 Å². The Bertz CT molecular complexity index is 609. The molecule has 0 spiro atoms. The minimum Gasteiger partial charge on any atom is -0.317 e. The molecule has 130 valence electrons.